The lowest BCUT2D eigenvalue weighted by Crippen LogP contribution is -2.50. The Morgan fingerprint density at radius 2 is 1.94 bits per heavy atom. The van der Waals surface area contributed by atoms with Crippen molar-refractivity contribution in [1.82, 2.24) is 4.90 Å². The summed E-state index contributed by atoms with van der Waals surface area (Å²) < 4.78 is 7.56. The highest BCUT2D eigenvalue weighted by atomic mass is 127. The van der Waals surface area contributed by atoms with E-state index in [0.29, 0.717) is 10.8 Å². The first-order valence-corrected chi connectivity index (χ1v) is 16.8. The van der Waals surface area contributed by atoms with Crippen LogP contribution in [0.1, 0.15) is 91.9 Å². The van der Waals surface area contributed by atoms with E-state index >= 15 is 0 Å². The van der Waals surface area contributed by atoms with Crippen LogP contribution < -0.4 is 0 Å². The molecule has 9 atom stereocenters. The second kappa shape index (κ2) is 9.11. The lowest BCUT2D eigenvalue weighted by molar-refractivity contribution is -0.0823. The summed E-state index contributed by atoms with van der Waals surface area (Å²) in [5.74, 6) is 7.00. The topological polar surface area (TPSA) is 15.6 Å². The van der Waals surface area contributed by atoms with Gasteiger partial charge in [0.15, 0.2) is 0 Å². The van der Waals surface area contributed by atoms with Crippen molar-refractivity contribution in [3.8, 4) is 0 Å². The number of alkyl halides is 1. The molecule has 0 amide bonds. The summed E-state index contributed by atoms with van der Waals surface area (Å²) in [5, 5.41) is 0. The van der Waals surface area contributed by atoms with Crippen molar-refractivity contribution in [2.24, 2.45) is 55.5 Å². The molecule has 0 radical (unpaired) electrons. The van der Waals surface area contributed by atoms with Crippen LogP contribution in [0.5, 0.6) is 0 Å². The molecule has 0 saturated heterocycles. The third kappa shape index (κ3) is 4.01. The third-order valence-electron chi connectivity index (χ3n) is 11.3. The molecule has 5 aliphatic rings. The van der Waals surface area contributed by atoms with Gasteiger partial charge in [0, 0.05) is 32.0 Å². The van der Waals surface area contributed by atoms with E-state index in [0.717, 1.165) is 41.4 Å². The van der Waals surface area contributed by atoms with Gasteiger partial charge in [-0.1, -0.05) is 43.4 Å². The summed E-state index contributed by atoms with van der Waals surface area (Å²) in [6.07, 6.45) is 17.4. The fraction of sp³-hybridized carbons (Fsp3) is 0.926. The summed E-state index contributed by atoms with van der Waals surface area (Å²) in [7, 11) is 0. The Labute approximate surface area is 215 Å². The Balaban J connectivity index is 1.28. The molecule has 4 heteroatoms. The molecule has 0 aromatic carbocycles. The van der Waals surface area contributed by atoms with Crippen LogP contribution in [0.3, 0.4) is 0 Å². The number of nitrogens with zero attached hydrogens (tertiary/aromatic N) is 2. The molecule has 1 heterocycles. The van der Waals surface area contributed by atoms with Crippen molar-refractivity contribution in [3.63, 3.8) is 0 Å². The van der Waals surface area contributed by atoms with E-state index < -0.39 is 0 Å². The van der Waals surface area contributed by atoms with Gasteiger partial charge in [0.05, 0.1) is 3.63 Å². The molecule has 5 rings (SSSR count). The monoisotopic (exact) mass is 650 g/mol. The van der Waals surface area contributed by atoms with Gasteiger partial charge in [0.1, 0.15) is 6.34 Å². The van der Waals surface area contributed by atoms with Crippen LogP contribution in [0.4, 0.5) is 0 Å². The van der Waals surface area contributed by atoms with Crippen molar-refractivity contribution in [3.05, 3.63) is 0 Å². The molecule has 0 spiro atoms. The predicted molar refractivity (Wildman–Crippen MR) is 151 cm³/mol. The van der Waals surface area contributed by atoms with Crippen LogP contribution in [0.2, 0.25) is 0 Å². The zero-order valence-corrected chi connectivity index (χ0v) is 24.6. The SMILES string of the molecule is CC[C@@]1(CI)CC[C@H]2[C@@H](CC[C@@H]3[C@@H]2CC[C@]2(C)[C@@H]([C@H](C)CN4C=NI=C4C)CC[C@@H]32)C1. The molecule has 1 aliphatic heterocycles. The standard InChI is InChI=1S/C27H44I2N2/c1-5-27(16-28)13-11-21-20(14-27)6-7-23-22(21)10-12-26(4)24(8-9-25(23)26)18(2)15-31-17-30-29-19(31)3/h17-18,20-25H,5-16H2,1-4H3/t18-,20+,21+,22-,23-,24-,25+,26-,27-/m1/s1. The normalized spacial score (nSPS) is 47.8. The Hall–Kier alpha value is 0.800. The largest absolute Gasteiger partial charge is 0.329 e. The first-order valence-electron chi connectivity index (χ1n) is 13.2. The van der Waals surface area contributed by atoms with Crippen molar-refractivity contribution in [2.75, 3.05) is 11.0 Å². The van der Waals surface area contributed by atoms with Gasteiger partial charge in [-0.15, -0.1) is 0 Å². The highest BCUT2D eigenvalue weighted by molar-refractivity contribution is 14.2. The van der Waals surface area contributed by atoms with E-state index in [1.165, 1.54) is 43.1 Å². The molecular formula is C27H44I2N2. The molecule has 4 saturated carbocycles. The maximum absolute atomic E-state index is 4.61. The minimum Gasteiger partial charge on any atom is -0.329 e. The molecule has 0 N–H and O–H groups in total. The van der Waals surface area contributed by atoms with Crippen molar-refractivity contribution < 1.29 is 0 Å². The highest BCUT2D eigenvalue weighted by Crippen LogP contribution is 2.66. The van der Waals surface area contributed by atoms with Crippen LogP contribution >= 0.6 is 43.6 Å². The lowest BCUT2D eigenvalue weighted by Gasteiger charge is -2.58. The summed E-state index contributed by atoms with van der Waals surface area (Å²) in [6.45, 7) is 11.3. The minimum atomic E-state index is -0.0524. The van der Waals surface area contributed by atoms with Gasteiger partial charge < -0.3 is 4.90 Å². The van der Waals surface area contributed by atoms with E-state index in [-0.39, 0.29) is 21.0 Å². The van der Waals surface area contributed by atoms with Gasteiger partial charge in [-0.25, -0.2) is 3.21 Å². The third-order valence-corrected chi connectivity index (χ3v) is 14.7. The average Bonchev–Trinajstić information content (AvgIpc) is 3.35. The van der Waals surface area contributed by atoms with Crippen molar-refractivity contribution >= 4 is 53.6 Å². The number of rotatable bonds is 5. The maximum Gasteiger partial charge on any atom is 0.101 e. The van der Waals surface area contributed by atoms with Crippen molar-refractivity contribution in [2.45, 2.75) is 91.9 Å². The van der Waals surface area contributed by atoms with E-state index in [1.807, 2.05) is 0 Å². The van der Waals surface area contributed by atoms with Crippen LogP contribution in [0.15, 0.2) is 3.21 Å². The smallest absolute Gasteiger partial charge is 0.101 e. The van der Waals surface area contributed by atoms with Crippen LogP contribution in [0, 0.1) is 52.3 Å². The molecule has 0 unspecified atom stereocenters. The van der Waals surface area contributed by atoms with Gasteiger partial charge >= 0.3 is 0 Å². The molecule has 176 valence electrons. The summed E-state index contributed by atoms with van der Waals surface area (Å²) >= 11 is 2.65. The quantitative estimate of drug-likeness (QED) is 0.217. The first-order chi connectivity index (χ1) is 14.9. The van der Waals surface area contributed by atoms with Gasteiger partial charge in [-0.05, 0) is 123 Å². The van der Waals surface area contributed by atoms with E-state index in [1.54, 1.807) is 35.7 Å². The molecule has 2 nitrogen and oxygen atoms in total. The molecular weight excluding hydrogens is 606 g/mol. The number of fused-ring (bicyclic) bond motifs is 5. The van der Waals surface area contributed by atoms with Gasteiger partial charge in [0.25, 0.3) is 0 Å². The summed E-state index contributed by atoms with van der Waals surface area (Å²) in [5.41, 5.74) is 1.29. The molecule has 0 bridgehead atoms. The van der Waals surface area contributed by atoms with Gasteiger partial charge in [-0.3, -0.25) is 0 Å². The minimum absolute atomic E-state index is 0.0524. The molecule has 0 aromatic heterocycles. The van der Waals surface area contributed by atoms with Crippen LogP contribution in [0.25, 0.3) is 0 Å². The maximum atomic E-state index is 4.61. The van der Waals surface area contributed by atoms with Crippen LogP contribution in [-0.2, 0) is 0 Å². The highest BCUT2D eigenvalue weighted by Gasteiger charge is 2.58. The molecule has 31 heavy (non-hydrogen) atoms. The molecule has 4 aliphatic carbocycles. The Kier molecular flexibility index (Phi) is 6.92. The second-order valence-corrected chi connectivity index (χ2v) is 15.7. The average molecular weight is 650 g/mol. The Morgan fingerprint density at radius 3 is 2.65 bits per heavy atom. The zero-order valence-electron chi connectivity index (χ0n) is 20.3. The molecule has 0 aromatic rings. The number of halogens is 2. The zero-order chi connectivity index (χ0) is 21.8. The predicted octanol–water partition coefficient (Wildman–Crippen LogP) is 8.10. The Bertz CT molecular complexity index is 729. The summed E-state index contributed by atoms with van der Waals surface area (Å²) in [4.78, 5) is 2.50. The number of hydrogen-bond donors (Lipinski definition) is 0. The van der Waals surface area contributed by atoms with Crippen LogP contribution in [-0.4, -0.2) is 25.8 Å². The van der Waals surface area contributed by atoms with Crippen molar-refractivity contribution in [1.29, 1.82) is 0 Å². The Morgan fingerprint density at radius 1 is 1.13 bits per heavy atom. The fourth-order valence-electron chi connectivity index (χ4n) is 9.46. The second-order valence-electron chi connectivity index (χ2n) is 12.3. The lowest BCUT2D eigenvalue weighted by atomic mass is 9.47. The van der Waals surface area contributed by atoms with Gasteiger partial charge in [0.2, 0.25) is 0 Å². The number of hydrogen-bond acceptors (Lipinski definition) is 2. The first kappa shape index (κ1) is 23.5. The van der Waals surface area contributed by atoms with E-state index in [4.69, 9.17) is 0 Å². The molecule has 4 fully saturated rings. The van der Waals surface area contributed by atoms with Gasteiger partial charge in [-0.2, -0.15) is 0 Å². The summed E-state index contributed by atoms with van der Waals surface area (Å²) in [6, 6.07) is 0. The fourth-order valence-corrected chi connectivity index (χ4v) is 12.1. The van der Waals surface area contributed by atoms with E-state index in [9.17, 15) is 0 Å². The van der Waals surface area contributed by atoms with E-state index in [2.05, 4.69) is 64.7 Å².